The lowest BCUT2D eigenvalue weighted by atomic mass is 9.99. The summed E-state index contributed by atoms with van der Waals surface area (Å²) in [6, 6.07) is 13.4. The molecule has 0 aliphatic carbocycles. The quantitative estimate of drug-likeness (QED) is 0.566. The second-order valence-electron chi connectivity index (χ2n) is 8.52. The van der Waals surface area contributed by atoms with Crippen LogP contribution in [0.5, 0.6) is 5.75 Å². The van der Waals surface area contributed by atoms with Crippen LogP contribution in [0, 0.1) is 0 Å². The number of fused-ring (bicyclic) bond motifs is 4. The van der Waals surface area contributed by atoms with E-state index in [2.05, 4.69) is 0 Å². The van der Waals surface area contributed by atoms with E-state index in [9.17, 15) is 4.79 Å². The maximum atomic E-state index is 13.0. The summed E-state index contributed by atoms with van der Waals surface area (Å²) in [5, 5.41) is 2.05. The van der Waals surface area contributed by atoms with E-state index < -0.39 is 48.2 Å². The Morgan fingerprint density at radius 2 is 1.48 bits per heavy atom. The van der Waals surface area contributed by atoms with E-state index in [0.717, 1.165) is 10.8 Å². The fourth-order valence-electron chi connectivity index (χ4n) is 4.21. The van der Waals surface area contributed by atoms with E-state index in [1.807, 2.05) is 36.4 Å². The molecule has 0 amide bonds. The molecule has 2 aromatic carbocycles. The zero-order valence-corrected chi connectivity index (χ0v) is 16.8. The molecule has 3 aliphatic heterocycles. The summed E-state index contributed by atoms with van der Waals surface area (Å²) < 4.78 is 35.4. The van der Waals surface area contributed by atoms with E-state index in [4.69, 9.17) is 28.4 Å². The third-order valence-electron chi connectivity index (χ3n) is 5.33. The van der Waals surface area contributed by atoms with Crippen molar-refractivity contribution in [1.82, 2.24) is 0 Å². The second-order valence-corrected chi connectivity index (χ2v) is 8.52. The highest BCUT2D eigenvalue weighted by atomic mass is 16.9. The molecule has 154 valence electrons. The molecule has 7 nitrogen and oxygen atoms in total. The van der Waals surface area contributed by atoms with Crippen LogP contribution in [0.3, 0.4) is 0 Å². The predicted molar refractivity (Wildman–Crippen MR) is 102 cm³/mol. The topological polar surface area (TPSA) is 72.5 Å². The van der Waals surface area contributed by atoms with Crippen molar-refractivity contribution in [3.8, 4) is 5.75 Å². The number of ether oxygens (including phenoxy) is 6. The third kappa shape index (κ3) is 3.43. The molecule has 3 fully saturated rings. The van der Waals surface area contributed by atoms with Crippen molar-refractivity contribution < 1.29 is 33.2 Å². The standard InChI is InChI=1S/C22H24O7/c1-21(2)26-15-16(27-21)18-20(29-22(3,4)28-18)25-17(15)19(23)24-14-10-9-12-7-5-6-8-13(12)11-14/h5-11,15-18,20H,1-4H3/t15-,16-,17-,18-,20+/m1/s1. The molecular formula is C22H24O7. The van der Waals surface area contributed by atoms with Crippen LogP contribution >= 0.6 is 0 Å². The van der Waals surface area contributed by atoms with Gasteiger partial charge in [-0.2, -0.15) is 0 Å². The monoisotopic (exact) mass is 400 g/mol. The Hall–Kier alpha value is -2.03. The van der Waals surface area contributed by atoms with Crippen LogP contribution in [0.25, 0.3) is 10.8 Å². The lowest BCUT2D eigenvalue weighted by Gasteiger charge is -2.35. The fraction of sp³-hybridized carbons (Fsp3) is 0.500. The number of esters is 1. The van der Waals surface area contributed by atoms with Gasteiger partial charge in [0.15, 0.2) is 24.0 Å². The molecule has 0 radical (unpaired) electrons. The molecule has 3 heterocycles. The Morgan fingerprint density at radius 1 is 0.828 bits per heavy atom. The smallest absolute Gasteiger partial charge is 0.343 e. The van der Waals surface area contributed by atoms with Gasteiger partial charge in [-0.25, -0.2) is 4.79 Å². The molecule has 3 saturated heterocycles. The molecule has 3 aliphatic rings. The Balaban J connectivity index is 1.40. The minimum absolute atomic E-state index is 0.443. The molecule has 5 rings (SSSR count). The Labute approximate surface area is 168 Å². The summed E-state index contributed by atoms with van der Waals surface area (Å²) in [6.07, 6.45) is -3.37. The molecule has 0 bridgehead atoms. The van der Waals surface area contributed by atoms with Crippen LogP contribution in [0.1, 0.15) is 27.7 Å². The molecule has 2 aromatic rings. The summed E-state index contributed by atoms with van der Waals surface area (Å²) in [5.41, 5.74) is 0. The average Bonchev–Trinajstić information content (AvgIpc) is 3.14. The van der Waals surface area contributed by atoms with Gasteiger partial charge in [0.05, 0.1) is 0 Å². The average molecular weight is 400 g/mol. The van der Waals surface area contributed by atoms with Gasteiger partial charge in [0, 0.05) is 0 Å². The van der Waals surface area contributed by atoms with Gasteiger partial charge in [0.25, 0.3) is 0 Å². The van der Waals surface area contributed by atoms with E-state index in [-0.39, 0.29) is 0 Å². The van der Waals surface area contributed by atoms with E-state index in [1.165, 1.54) is 0 Å². The Kier molecular flexibility index (Phi) is 4.24. The van der Waals surface area contributed by atoms with Crippen molar-refractivity contribution in [2.45, 2.75) is 70.0 Å². The fourth-order valence-corrected chi connectivity index (χ4v) is 4.21. The first kappa shape index (κ1) is 19.0. The van der Waals surface area contributed by atoms with Crippen molar-refractivity contribution in [2.75, 3.05) is 0 Å². The van der Waals surface area contributed by atoms with Crippen molar-refractivity contribution >= 4 is 16.7 Å². The van der Waals surface area contributed by atoms with Crippen LogP contribution in [-0.4, -0.2) is 48.2 Å². The van der Waals surface area contributed by atoms with Gasteiger partial charge >= 0.3 is 5.97 Å². The van der Waals surface area contributed by atoms with E-state index in [0.29, 0.717) is 5.75 Å². The van der Waals surface area contributed by atoms with Gasteiger partial charge < -0.3 is 28.4 Å². The van der Waals surface area contributed by atoms with Gasteiger partial charge in [-0.05, 0) is 50.6 Å². The normalized spacial score (nSPS) is 34.6. The number of benzene rings is 2. The number of hydrogen-bond donors (Lipinski definition) is 0. The lowest BCUT2D eigenvalue weighted by Crippen LogP contribution is -2.58. The molecular weight excluding hydrogens is 376 g/mol. The highest BCUT2D eigenvalue weighted by Crippen LogP contribution is 2.44. The maximum absolute atomic E-state index is 13.0. The third-order valence-corrected chi connectivity index (χ3v) is 5.33. The van der Waals surface area contributed by atoms with Gasteiger partial charge in [0.2, 0.25) is 0 Å². The van der Waals surface area contributed by atoms with Gasteiger partial charge in [-0.1, -0.05) is 30.3 Å². The Bertz CT molecular complexity index is 953. The number of hydrogen-bond acceptors (Lipinski definition) is 7. The molecule has 5 atom stereocenters. The second kappa shape index (κ2) is 6.48. The van der Waals surface area contributed by atoms with Crippen LogP contribution in [0.15, 0.2) is 42.5 Å². The molecule has 0 aromatic heterocycles. The van der Waals surface area contributed by atoms with Crippen molar-refractivity contribution in [1.29, 1.82) is 0 Å². The number of carbonyl (C=O) groups is 1. The zero-order chi connectivity index (χ0) is 20.4. The number of carbonyl (C=O) groups excluding carboxylic acids is 1. The highest BCUT2D eigenvalue weighted by molar-refractivity contribution is 5.85. The first-order chi connectivity index (χ1) is 13.7. The lowest BCUT2D eigenvalue weighted by molar-refractivity contribution is -0.236. The van der Waals surface area contributed by atoms with Gasteiger partial charge in [0.1, 0.15) is 24.1 Å². The molecule has 0 unspecified atom stereocenters. The van der Waals surface area contributed by atoms with Gasteiger partial charge in [-0.15, -0.1) is 0 Å². The largest absolute Gasteiger partial charge is 0.425 e. The van der Waals surface area contributed by atoms with Crippen LogP contribution in [0.4, 0.5) is 0 Å². The van der Waals surface area contributed by atoms with Crippen molar-refractivity contribution in [2.24, 2.45) is 0 Å². The van der Waals surface area contributed by atoms with Crippen LogP contribution in [0.2, 0.25) is 0 Å². The van der Waals surface area contributed by atoms with Crippen LogP contribution in [-0.2, 0) is 28.5 Å². The molecule has 0 saturated carbocycles. The summed E-state index contributed by atoms with van der Waals surface area (Å²) in [6.45, 7) is 7.19. The summed E-state index contributed by atoms with van der Waals surface area (Å²) in [5.74, 6) is -1.82. The molecule has 7 heteroatoms. The van der Waals surface area contributed by atoms with Gasteiger partial charge in [-0.3, -0.25) is 0 Å². The Morgan fingerprint density at radius 3 is 2.28 bits per heavy atom. The number of rotatable bonds is 2. The highest BCUT2D eigenvalue weighted by Gasteiger charge is 2.62. The van der Waals surface area contributed by atoms with Crippen molar-refractivity contribution in [3.63, 3.8) is 0 Å². The summed E-state index contributed by atoms with van der Waals surface area (Å²) in [4.78, 5) is 13.0. The minimum atomic E-state index is -0.994. The minimum Gasteiger partial charge on any atom is -0.425 e. The zero-order valence-electron chi connectivity index (χ0n) is 16.8. The van der Waals surface area contributed by atoms with Crippen molar-refractivity contribution in [3.05, 3.63) is 42.5 Å². The van der Waals surface area contributed by atoms with Crippen LogP contribution < -0.4 is 4.74 Å². The van der Waals surface area contributed by atoms with E-state index in [1.54, 1.807) is 33.8 Å². The predicted octanol–water partition coefficient (Wildman–Crippen LogP) is 3.14. The first-order valence-corrected chi connectivity index (χ1v) is 9.78. The molecule has 0 N–H and O–H groups in total. The summed E-state index contributed by atoms with van der Waals surface area (Å²) >= 11 is 0. The molecule has 29 heavy (non-hydrogen) atoms. The summed E-state index contributed by atoms with van der Waals surface area (Å²) in [7, 11) is 0. The maximum Gasteiger partial charge on any atom is 0.343 e. The van der Waals surface area contributed by atoms with E-state index >= 15 is 0 Å². The first-order valence-electron chi connectivity index (χ1n) is 9.78. The molecule has 0 spiro atoms. The SMILES string of the molecule is CC1(C)O[C@@H]2[C@@H](O1)[C@H](C(=O)Oc1ccc3ccccc3c1)O[C@H]1OC(C)(C)O[C@@H]12.